The number of hydrogen-bond acceptors (Lipinski definition) is 2. The molecule has 1 aromatic heterocycles. The summed E-state index contributed by atoms with van der Waals surface area (Å²) in [5, 5.41) is 8.39. The fourth-order valence-corrected chi connectivity index (χ4v) is 0.378. The van der Waals surface area contributed by atoms with Crippen molar-refractivity contribution in [3.05, 3.63) is 12.4 Å². The molecule has 0 unspecified atom stereocenters. The van der Waals surface area contributed by atoms with Crippen LogP contribution in [-0.4, -0.2) is 16.6 Å². The number of carbonyl (C=O) groups excluding carboxylic acids is 1. The van der Waals surface area contributed by atoms with Crippen molar-refractivity contribution in [1.82, 2.24) is 10.2 Å². The second-order valence-electron chi connectivity index (χ2n) is 1.21. The summed E-state index contributed by atoms with van der Waals surface area (Å²) < 4.78 is 0. The van der Waals surface area contributed by atoms with E-state index in [2.05, 4.69) is 15.5 Å². The van der Waals surface area contributed by atoms with Gasteiger partial charge in [0.2, 0.25) is 0 Å². The van der Waals surface area contributed by atoms with Crippen molar-refractivity contribution in [3.63, 3.8) is 0 Å². The topological polar surface area (TPSA) is 57.8 Å². The van der Waals surface area contributed by atoms with Gasteiger partial charge in [0.15, 0.2) is 0 Å². The number of anilines is 1. The first-order chi connectivity index (χ1) is 3.93. The lowest BCUT2D eigenvalue weighted by molar-refractivity contribution is 0.561. The fourth-order valence-electron chi connectivity index (χ4n) is 0.378. The molecule has 1 amide bonds. The lowest BCUT2D eigenvalue weighted by Crippen LogP contribution is -1.89. The number of aromatic nitrogens is 2. The molecule has 1 rings (SSSR count). The van der Waals surface area contributed by atoms with Crippen molar-refractivity contribution in [2.24, 2.45) is 0 Å². The van der Waals surface area contributed by atoms with Crippen molar-refractivity contribution in [2.75, 3.05) is 5.32 Å². The summed E-state index contributed by atoms with van der Waals surface area (Å²) >= 11 is 0. The van der Waals surface area contributed by atoms with E-state index in [4.69, 9.17) is 0 Å². The zero-order valence-electron chi connectivity index (χ0n) is 4.01. The lowest BCUT2D eigenvalue weighted by Gasteiger charge is -1.81. The van der Waals surface area contributed by atoms with E-state index < -0.39 is 0 Å². The lowest BCUT2D eigenvalue weighted by atomic mass is 10.6. The molecule has 1 heterocycles. The first kappa shape index (κ1) is 4.83. The summed E-state index contributed by atoms with van der Waals surface area (Å²) in [6.45, 7) is 0. The van der Waals surface area contributed by atoms with Gasteiger partial charge in [-0.05, 0) is 0 Å². The molecule has 1 aromatic rings. The van der Waals surface area contributed by atoms with Crippen LogP contribution in [-0.2, 0) is 4.79 Å². The average molecular weight is 110 g/mol. The van der Waals surface area contributed by atoms with Gasteiger partial charge in [-0.25, -0.2) is 0 Å². The molecule has 2 N–H and O–H groups in total. The second kappa shape index (κ2) is 2.11. The minimum absolute atomic E-state index is 0.625. The number of hydrogen-bond donors (Lipinski definition) is 2. The Balaban J connectivity index is 2.62. The highest BCUT2D eigenvalue weighted by atomic mass is 16.1. The van der Waals surface area contributed by atoms with Gasteiger partial charge in [0.25, 0.3) is 0 Å². The Labute approximate surface area is 45.9 Å². The van der Waals surface area contributed by atoms with Crippen molar-refractivity contribution >= 4 is 12.1 Å². The SMILES string of the molecule is O=[C]Nc1cn[nH]c1. The van der Waals surface area contributed by atoms with E-state index in [1.807, 2.05) is 0 Å². The van der Waals surface area contributed by atoms with E-state index >= 15 is 0 Å². The molecular weight excluding hydrogens is 106 g/mol. The summed E-state index contributed by atoms with van der Waals surface area (Å²) in [5.41, 5.74) is 0.625. The van der Waals surface area contributed by atoms with Crippen LogP contribution in [0.4, 0.5) is 5.69 Å². The molecule has 0 spiro atoms. The first-order valence-corrected chi connectivity index (χ1v) is 2.05. The third-order valence-electron chi connectivity index (χ3n) is 0.694. The van der Waals surface area contributed by atoms with Crippen molar-refractivity contribution in [1.29, 1.82) is 0 Å². The molecule has 0 aliphatic rings. The quantitative estimate of drug-likeness (QED) is 0.522. The number of H-pyrrole nitrogens is 1. The summed E-state index contributed by atoms with van der Waals surface area (Å²) in [5.74, 6) is 0. The van der Waals surface area contributed by atoms with Gasteiger partial charge in [0.05, 0.1) is 11.9 Å². The van der Waals surface area contributed by atoms with E-state index in [1.54, 1.807) is 6.20 Å². The summed E-state index contributed by atoms with van der Waals surface area (Å²) in [6.07, 6.45) is 4.56. The molecule has 41 valence electrons. The third kappa shape index (κ3) is 0.841. The van der Waals surface area contributed by atoms with E-state index in [1.165, 1.54) is 12.6 Å². The maximum absolute atomic E-state index is 9.59. The van der Waals surface area contributed by atoms with Gasteiger partial charge in [0, 0.05) is 6.20 Å². The Hall–Kier alpha value is -1.32. The fraction of sp³-hybridized carbons (Fsp3) is 0. The predicted octanol–water partition coefficient (Wildman–Crippen LogP) is -0.111. The van der Waals surface area contributed by atoms with E-state index in [9.17, 15) is 4.79 Å². The smallest absolute Gasteiger partial charge is 0.314 e. The van der Waals surface area contributed by atoms with Crippen molar-refractivity contribution in [2.45, 2.75) is 0 Å². The van der Waals surface area contributed by atoms with Gasteiger partial charge in [0.1, 0.15) is 0 Å². The second-order valence-corrected chi connectivity index (χ2v) is 1.21. The maximum atomic E-state index is 9.59. The molecule has 0 saturated carbocycles. The van der Waals surface area contributed by atoms with Crippen LogP contribution in [0.25, 0.3) is 0 Å². The van der Waals surface area contributed by atoms with Crippen LogP contribution < -0.4 is 5.32 Å². The van der Waals surface area contributed by atoms with E-state index in [0.717, 1.165) is 0 Å². The number of nitrogens with one attached hydrogen (secondary N) is 2. The van der Waals surface area contributed by atoms with Crippen LogP contribution >= 0.6 is 0 Å². The minimum Gasteiger partial charge on any atom is -0.315 e. The Kier molecular flexibility index (Phi) is 1.27. The van der Waals surface area contributed by atoms with Crippen LogP contribution in [0.5, 0.6) is 0 Å². The highest BCUT2D eigenvalue weighted by molar-refractivity contribution is 5.70. The Morgan fingerprint density at radius 3 is 3.25 bits per heavy atom. The average Bonchev–Trinajstić information content (AvgIpc) is 2.19. The third-order valence-corrected chi connectivity index (χ3v) is 0.694. The molecule has 8 heavy (non-hydrogen) atoms. The molecule has 4 nitrogen and oxygen atoms in total. The molecule has 4 heteroatoms. The van der Waals surface area contributed by atoms with E-state index in [-0.39, 0.29) is 0 Å². The summed E-state index contributed by atoms with van der Waals surface area (Å²) in [4.78, 5) is 9.59. The number of nitrogens with zero attached hydrogens (tertiary/aromatic N) is 1. The van der Waals surface area contributed by atoms with Gasteiger partial charge in [-0.3, -0.25) is 9.89 Å². The van der Waals surface area contributed by atoms with Crippen LogP contribution in [0.2, 0.25) is 0 Å². The Bertz CT molecular complexity index is 158. The molecule has 0 bridgehead atoms. The van der Waals surface area contributed by atoms with Crippen LogP contribution in [0, 0.1) is 0 Å². The van der Waals surface area contributed by atoms with Gasteiger partial charge in [-0.1, -0.05) is 0 Å². The number of aromatic amines is 1. The summed E-state index contributed by atoms with van der Waals surface area (Å²) in [6, 6.07) is 0. The molecule has 0 aliphatic heterocycles. The molecule has 1 radical (unpaired) electrons. The number of rotatable bonds is 2. The van der Waals surface area contributed by atoms with Crippen LogP contribution in [0.15, 0.2) is 12.4 Å². The first-order valence-electron chi connectivity index (χ1n) is 2.05. The monoisotopic (exact) mass is 110 g/mol. The van der Waals surface area contributed by atoms with Crippen LogP contribution in [0.3, 0.4) is 0 Å². The Morgan fingerprint density at radius 2 is 2.75 bits per heavy atom. The van der Waals surface area contributed by atoms with Crippen molar-refractivity contribution < 1.29 is 4.79 Å². The van der Waals surface area contributed by atoms with Crippen molar-refractivity contribution in [3.8, 4) is 0 Å². The largest absolute Gasteiger partial charge is 0.315 e. The predicted molar refractivity (Wildman–Crippen MR) is 27.9 cm³/mol. The van der Waals surface area contributed by atoms with Crippen LogP contribution in [0.1, 0.15) is 0 Å². The molecule has 0 fully saturated rings. The maximum Gasteiger partial charge on any atom is 0.314 e. The standard InChI is InChI=1S/C4H4N3O/c8-3-5-4-1-6-7-2-4/h1-2H,(H,5,8)(H,6,7). The minimum atomic E-state index is 0.625. The zero-order valence-corrected chi connectivity index (χ0v) is 4.01. The Morgan fingerprint density at radius 1 is 1.88 bits per heavy atom. The van der Waals surface area contributed by atoms with Gasteiger partial charge in [-0.2, -0.15) is 5.10 Å². The normalized spacial score (nSPS) is 8.50. The number of amides is 1. The zero-order chi connectivity index (χ0) is 5.82. The van der Waals surface area contributed by atoms with Gasteiger partial charge < -0.3 is 5.32 Å². The molecule has 0 atom stereocenters. The highest BCUT2D eigenvalue weighted by Gasteiger charge is 1.85. The molecule has 0 saturated heterocycles. The molecule has 0 aromatic carbocycles. The van der Waals surface area contributed by atoms with E-state index in [0.29, 0.717) is 5.69 Å². The van der Waals surface area contributed by atoms with Gasteiger partial charge >= 0.3 is 6.41 Å². The summed E-state index contributed by atoms with van der Waals surface area (Å²) in [7, 11) is 0. The van der Waals surface area contributed by atoms with Gasteiger partial charge in [-0.15, -0.1) is 0 Å². The molecule has 0 aliphatic carbocycles. The molecular formula is C4H4N3O. The highest BCUT2D eigenvalue weighted by Crippen LogP contribution is 1.96.